The van der Waals surface area contributed by atoms with Crippen molar-refractivity contribution in [3.05, 3.63) is 112 Å². The number of rotatable bonds is 5. The number of allylic oxidation sites excluding steroid dienone is 1. The molecule has 188 valence electrons. The summed E-state index contributed by atoms with van der Waals surface area (Å²) < 4.78 is 14.4. The molecule has 37 heavy (non-hydrogen) atoms. The minimum Gasteiger partial charge on any atom is -0.459 e. The van der Waals surface area contributed by atoms with Crippen LogP contribution >= 0.6 is 38.9 Å². The van der Waals surface area contributed by atoms with E-state index >= 15 is 0 Å². The number of aromatic nitrogens is 1. The Hall–Kier alpha value is -3.20. The summed E-state index contributed by atoms with van der Waals surface area (Å²) in [5, 5.41) is 0.441. The molecule has 0 N–H and O–H groups in total. The standard InChI is InChI=1S/C28H22BrClN2O4S/c1-15(2)35-27(34)24-16(3)31-28-32(25(24)20-6-4-5-7-21(20)30)26(33)23(37-28)14-19-12-13-22(36-19)17-8-10-18(29)11-9-17/h4-15,25H,1-3H3. The fourth-order valence-corrected chi connectivity index (χ4v) is 5.71. The molecule has 1 aliphatic heterocycles. The summed E-state index contributed by atoms with van der Waals surface area (Å²) in [5.74, 6) is 0.697. The minimum absolute atomic E-state index is 0.288. The third-order valence-corrected chi connectivity index (χ3v) is 7.67. The van der Waals surface area contributed by atoms with Crippen LogP contribution in [0.15, 0.2) is 90.6 Å². The summed E-state index contributed by atoms with van der Waals surface area (Å²) in [6.07, 6.45) is 1.37. The molecule has 0 saturated carbocycles. The molecule has 1 atom stereocenters. The molecule has 1 aliphatic rings. The van der Waals surface area contributed by atoms with Crippen LogP contribution < -0.4 is 14.9 Å². The molecule has 0 amide bonds. The molecule has 0 bridgehead atoms. The molecule has 9 heteroatoms. The third-order valence-electron chi connectivity index (χ3n) is 5.81. The Morgan fingerprint density at radius 1 is 1.16 bits per heavy atom. The van der Waals surface area contributed by atoms with Crippen LogP contribution in [0.3, 0.4) is 0 Å². The number of thiazole rings is 1. The largest absolute Gasteiger partial charge is 0.459 e. The van der Waals surface area contributed by atoms with Crippen LogP contribution in [0.1, 0.15) is 38.1 Å². The first-order valence-electron chi connectivity index (χ1n) is 11.6. The van der Waals surface area contributed by atoms with Crippen LogP contribution in [-0.2, 0) is 9.53 Å². The SMILES string of the molecule is CC1=C(C(=O)OC(C)C)C(c2ccccc2Cl)n2c(sc(=Cc3ccc(-c4ccc(Br)cc4)o3)c2=O)=N1. The van der Waals surface area contributed by atoms with Crippen molar-refractivity contribution in [2.45, 2.75) is 32.9 Å². The van der Waals surface area contributed by atoms with Crippen LogP contribution in [0.5, 0.6) is 0 Å². The highest BCUT2D eigenvalue weighted by atomic mass is 79.9. The van der Waals surface area contributed by atoms with E-state index in [0.717, 1.165) is 10.0 Å². The minimum atomic E-state index is -0.770. The number of hydrogen-bond donors (Lipinski definition) is 0. The topological polar surface area (TPSA) is 73.8 Å². The third kappa shape index (κ3) is 5.01. The summed E-state index contributed by atoms with van der Waals surface area (Å²) in [6, 6.07) is 17.9. The van der Waals surface area contributed by atoms with Gasteiger partial charge in [0.05, 0.1) is 21.9 Å². The Kier molecular flexibility index (Phi) is 7.07. The van der Waals surface area contributed by atoms with Gasteiger partial charge in [0.15, 0.2) is 4.80 Å². The lowest BCUT2D eigenvalue weighted by Gasteiger charge is -2.26. The van der Waals surface area contributed by atoms with Gasteiger partial charge in [0.2, 0.25) is 0 Å². The van der Waals surface area contributed by atoms with Crippen molar-refractivity contribution in [1.29, 1.82) is 0 Å². The number of benzene rings is 2. The average Bonchev–Trinajstić information content (AvgIpc) is 3.43. The number of fused-ring (bicyclic) bond motifs is 1. The molecule has 3 heterocycles. The average molecular weight is 598 g/mol. The van der Waals surface area contributed by atoms with Crippen LogP contribution in [0.2, 0.25) is 5.02 Å². The molecule has 2 aromatic carbocycles. The number of hydrogen-bond acceptors (Lipinski definition) is 6. The van der Waals surface area contributed by atoms with Crippen molar-refractivity contribution < 1.29 is 13.9 Å². The van der Waals surface area contributed by atoms with Crippen LogP contribution in [0, 0.1) is 0 Å². The van der Waals surface area contributed by atoms with Gasteiger partial charge in [0.25, 0.3) is 5.56 Å². The predicted octanol–water partition coefficient (Wildman–Crippen LogP) is 5.86. The Labute approximate surface area is 230 Å². The van der Waals surface area contributed by atoms with Crippen molar-refractivity contribution in [2.75, 3.05) is 0 Å². The number of carbonyl (C=O) groups is 1. The molecule has 0 saturated heterocycles. The molecule has 0 fully saturated rings. The lowest BCUT2D eigenvalue weighted by Crippen LogP contribution is -2.40. The lowest BCUT2D eigenvalue weighted by atomic mass is 9.96. The zero-order valence-corrected chi connectivity index (χ0v) is 23.4. The Bertz CT molecular complexity index is 1710. The number of carbonyl (C=O) groups excluding carboxylic acids is 1. The van der Waals surface area contributed by atoms with Gasteiger partial charge < -0.3 is 9.15 Å². The van der Waals surface area contributed by atoms with Crippen molar-refractivity contribution in [3.63, 3.8) is 0 Å². The Morgan fingerprint density at radius 3 is 2.59 bits per heavy atom. The molecule has 0 spiro atoms. The van der Waals surface area contributed by atoms with Gasteiger partial charge in [-0.2, -0.15) is 0 Å². The molecular formula is C28H22BrClN2O4S. The van der Waals surface area contributed by atoms with Gasteiger partial charge in [0, 0.05) is 21.1 Å². The highest BCUT2D eigenvalue weighted by Crippen LogP contribution is 2.34. The first-order chi connectivity index (χ1) is 17.7. The molecule has 5 rings (SSSR count). The van der Waals surface area contributed by atoms with E-state index in [4.69, 9.17) is 20.8 Å². The molecule has 6 nitrogen and oxygen atoms in total. The van der Waals surface area contributed by atoms with E-state index < -0.39 is 12.0 Å². The lowest BCUT2D eigenvalue weighted by molar-refractivity contribution is -0.143. The fourth-order valence-electron chi connectivity index (χ4n) is 4.18. The number of esters is 1. The summed E-state index contributed by atoms with van der Waals surface area (Å²) in [6.45, 7) is 5.30. The van der Waals surface area contributed by atoms with E-state index in [1.165, 1.54) is 15.9 Å². The number of halogens is 2. The number of ether oxygens (including phenoxy) is 1. The van der Waals surface area contributed by atoms with Crippen molar-refractivity contribution in [2.24, 2.45) is 4.99 Å². The van der Waals surface area contributed by atoms with Gasteiger partial charge in [-0.1, -0.05) is 69.2 Å². The van der Waals surface area contributed by atoms with Crippen LogP contribution in [0.25, 0.3) is 17.4 Å². The summed E-state index contributed by atoms with van der Waals surface area (Å²) >= 11 is 11.2. The Balaban J connectivity index is 1.64. The highest BCUT2D eigenvalue weighted by Gasteiger charge is 2.34. The quantitative estimate of drug-likeness (QED) is 0.270. The maximum atomic E-state index is 13.7. The second-order valence-electron chi connectivity index (χ2n) is 8.77. The molecule has 0 radical (unpaired) electrons. The zero-order valence-electron chi connectivity index (χ0n) is 20.2. The summed E-state index contributed by atoms with van der Waals surface area (Å²) in [7, 11) is 0. The molecule has 4 aromatic rings. The van der Waals surface area contributed by atoms with Crippen molar-refractivity contribution in [1.82, 2.24) is 4.57 Å². The van der Waals surface area contributed by atoms with Gasteiger partial charge in [-0.3, -0.25) is 9.36 Å². The fraction of sp³-hybridized carbons (Fsp3) is 0.179. The van der Waals surface area contributed by atoms with E-state index in [1.54, 1.807) is 39.0 Å². The first-order valence-corrected chi connectivity index (χ1v) is 13.6. The van der Waals surface area contributed by atoms with Crippen molar-refractivity contribution in [3.8, 4) is 11.3 Å². The van der Waals surface area contributed by atoms with Crippen LogP contribution in [-0.4, -0.2) is 16.6 Å². The molecule has 1 unspecified atom stereocenters. The maximum absolute atomic E-state index is 13.7. The van der Waals surface area contributed by atoms with Crippen LogP contribution in [0.4, 0.5) is 0 Å². The van der Waals surface area contributed by atoms with Crippen molar-refractivity contribution >= 4 is 50.9 Å². The summed E-state index contributed by atoms with van der Waals surface area (Å²) in [4.78, 5) is 32.0. The van der Waals surface area contributed by atoms with E-state index in [1.807, 2.05) is 48.5 Å². The molecule has 2 aromatic heterocycles. The highest BCUT2D eigenvalue weighted by molar-refractivity contribution is 9.10. The number of nitrogens with zero attached hydrogens (tertiary/aromatic N) is 2. The van der Waals surface area contributed by atoms with E-state index in [9.17, 15) is 9.59 Å². The van der Waals surface area contributed by atoms with Gasteiger partial charge >= 0.3 is 5.97 Å². The second kappa shape index (κ2) is 10.3. The maximum Gasteiger partial charge on any atom is 0.338 e. The molecule has 0 aliphatic carbocycles. The predicted molar refractivity (Wildman–Crippen MR) is 148 cm³/mol. The van der Waals surface area contributed by atoms with Gasteiger partial charge in [-0.05, 0) is 56.7 Å². The Morgan fingerprint density at radius 2 is 1.89 bits per heavy atom. The smallest absolute Gasteiger partial charge is 0.338 e. The first kappa shape index (κ1) is 25.4. The monoisotopic (exact) mass is 596 g/mol. The summed E-state index contributed by atoms with van der Waals surface area (Å²) in [5.41, 5.74) is 2.03. The van der Waals surface area contributed by atoms with E-state index in [-0.39, 0.29) is 17.2 Å². The van der Waals surface area contributed by atoms with Gasteiger partial charge in [0.1, 0.15) is 17.6 Å². The van der Waals surface area contributed by atoms with Gasteiger partial charge in [-0.25, -0.2) is 9.79 Å². The van der Waals surface area contributed by atoms with E-state index in [2.05, 4.69) is 20.9 Å². The van der Waals surface area contributed by atoms with Gasteiger partial charge in [-0.15, -0.1) is 0 Å². The van der Waals surface area contributed by atoms with E-state index in [0.29, 0.717) is 37.1 Å². The second-order valence-corrected chi connectivity index (χ2v) is 11.1. The normalized spacial score (nSPS) is 15.6. The zero-order chi connectivity index (χ0) is 26.3. The molecular weight excluding hydrogens is 576 g/mol. The number of furan rings is 1.